The van der Waals surface area contributed by atoms with E-state index >= 15 is 0 Å². The lowest BCUT2D eigenvalue weighted by Crippen LogP contribution is -2.50. The summed E-state index contributed by atoms with van der Waals surface area (Å²) in [7, 11) is -3.84. The lowest BCUT2D eigenvalue weighted by Gasteiger charge is -2.34. The third kappa shape index (κ3) is 4.30. The predicted molar refractivity (Wildman–Crippen MR) is 116 cm³/mol. The number of hydrogen-bond donors (Lipinski definition) is 1. The smallest absolute Gasteiger partial charge is 0.265 e. The summed E-state index contributed by atoms with van der Waals surface area (Å²) in [5.74, 6) is -0.825. The Bertz CT molecular complexity index is 1160. The molecule has 0 radical (unpaired) electrons. The first-order valence-corrected chi connectivity index (χ1v) is 11.8. The molecule has 1 N–H and O–H groups in total. The number of sulfonamides is 1. The highest BCUT2D eigenvalue weighted by atomic mass is 35.5. The quantitative estimate of drug-likeness (QED) is 0.722. The molecular formula is C21H21ClFN3O5S. The van der Waals surface area contributed by atoms with E-state index in [0.717, 1.165) is 0 Å². The summed E-state index contributed by atoms with van der Waals surface area (Å²) in [4.78, 5) is 25.9. The Labute approximate surface area is 189 Å². The molecule has 2 aromatic rings. The minimum Gasteiger partial charge on any atom is -0.479 e. The van der Waals surface area contributed by atoms with Gasteiger partial charge in [0, 0.05) is 36.8 Å². The molecule has 4 rings (SSSR count). The number of ether oxygens (including phenoxy) is 1. The van der Waals surface area contributed by atoms with Crippen LogP contribution in [0, 0.1) is 5.82 Å². The van der Waals surface area contributed by atoms with Crippen molar-refractivity contribution in [2.45, 2.75) is 24.3 Å². The Hall–Kier alpha value is -2.69. The van der Waals surface area contributed by atoms with Crippen LogP contribution in [0.4, 0.5) is 10.1 Å². The number of carbonyl (C=O) groups excluding carboxylic acids is 2. The third-order valence-electron chi connectivity index (χ3n) is 5.50. The Morgan fingerprint density at radius 2 is 1.94 bits per heavy atom. The van der Waals surface area contributed by atoms with Crippen molar-refractivity contribution in [1.29, 1.82) is 0 Å². The molecule has 0 bridgehead atoms. The van der Waals surface area contributed by atoms with Crippen molar-refractivity contribution < 1.29 is 27.1 Å². The maximum atomic E-state index is 14.0. The maximum absolute atomic E-state index is 14.0. The number of nitrogens with one attached hydrogen (secondary N) is 1. The number of piperazine rings is 1. The summed E-state index contributed by atoms with van der Waals surface area (Å²) in [5.41, 5.74) is 0.423. The summed E-state index contributed by atoms with van der Waals surface area (Å²) < 4.78 is 46.9. The van der Waals surface area contributed by atoms with E-state index in [1.54, 1.807) is 6.92 Å². The lowest BCUT2D eigenvalue weighted by molar-refractivity contribution is -0.131. The van der Waals surface area contributed by atoms with Gasteiger partial charge in [-0.15, -0.1) is 0 Å². The van der Waals surface area contributed by atoms with Gasteiger partial charge in [0.15, 0.2) is 6.10 Å². The third-order valence-corrected chi connectivity index (χ3v) is 7.75. The van der Waals surface area contributed by atoms with Crippen molar-refractivity contribution in [3.8, 4) is 5.75 Å². The SMILES string of the molecule is C[C@H]1Oc2ccc(S(=O)(=O)N3CCN(C(=O)Cc4c(F)cccc4Cl)CC3)cc2NC1=O. The van der Waals surface area contributed by atoms with Gasteiger partial charge in [-0.2, -0.15) is 4.31 Å². The highest BCUT2D eigenvalue weighted by Gasteiger charge is 2.32. The summed E-state index contributed by atoms with van der Waals surface area (Å²) in [6.45, 7) is 2.13. The molecule has 170 valence electrons. The average molecular weight is 482 g/mol. The van der Waals surface area contributed by atoms with Crippen molar-refractivity contribution in [2.75, 3.05) is 31.5 Å². The Morgan fingerprint density at radius 3 is 2.62 bits per heavy atom. The van der Waals surface area contributed by atoms with Crippen molar-refractivity contribution in [2.24, 2.45) is 0 Å². The highest BCUT2D eigenvalue weighted by molar-refractivity contribution is 7.89. The van der Waals surface area contributed by atoms with Crippen LogP contribution >= 0.6 is 11.6 Å². The van der Waals surface area contributed by atoms with Crippen molar-refractivity contribution in [3.05, 3.63) is 52.8 Å². The maximum Gasteiger partial charge on any atom is 0.265 e. The number of hydrogen-bond acceptors (Lipinski definition) is 5. The molecule has 2 heterocycles. The minimum absolute atomic E-state index is 0.0209. The van der Waals surface area contributed by atoms with Gasteiger partial charge in [0.25, 0.3) is 5.91 Å². The van der Waals surface area contributed by atoms with Crippen LogP contribution < -0.4 is 10.1 Å². The zero-order valence-electron chi connectivity index (χ0n) is 17.2. The van der Waals surface area contributed by atoms with Gasteiger partial charge in [0.1, 0.15) is 11.6 Å². The fraction of sp³-hybridized carbons (Fsp3) is 0.333. The van der Waals surface area contributed by atoms with Crippen LogP contribution in [0.2, 0.25) is 5.02 Å². The summed E-state index contributed by atoms with van der Waals surface area (Å²) in [5, 5.41) is 2.82. The van der Waals surface area contributed by atoms with Crippen molar-refractivity contribution in [3.63, 3.8) is 0 Å². The zero-order valence-corrected chi connectivity index (χ0v) is 18.7. The molecule has 8 nitrogen and oxygen atoms in total. The molecule has 2 aromatic carbocycles. The standard InChI is InChI=1S/C21H21ClFN3O5S/c1-13-21(28)24-18-11-14(5-6-19(18)31-13)32(29,30)26-9-7-25(8-10-26)20(27)12-15-16(22)3-2-4-17(15)23/h2-6,11,13H,7-10,12H2,1H3,(H,24,28)/t13-/m1/s1. The van der Waals surface area contributed by atoms with E-state index in [2.05, 4.69) is 5.32 Å². The highest BCUT2D eigenvalue weighted by Crippen LogP contribution is 2.33. The van der Waals surface area contributed by atoms with E-state index in [0.29, 0.717) is 11.4 Å². The molecule has 2 aliphatic rings. The number of anilines is 1. The number of benzene rings is 2. The summed E-state index contributed by atoms with van der Waals surface area (Å²) >= 11 is 6.00. The molecule has 1 fully saturated rings. The molecule has 0 aromatic heterocycles. The minimum atomic E-state index is -3.84. The van der Waals surface area contributed by atoms with Crippen LogP contribution in [0.3, 0.4) is 0 Å². The molecule has 1 atom stereocenters. The van der Waals surface area contributed by atoms with Crippen molar-refractivity contribution >= 4 is 39.1 Å². The molecule has 32 heavy (non-hydrogen) atoms. The fourth-order valence-electron chi connectivity index (χ4n) is 3.64. The molecular weight excluding hydrogens is 461 g/mol. The van der Waals surface area contributed by atoms with Crippen molar-refractivity contribution in [1.82, 2.24) is 9.21 Å². The molecule has 0 spiro atoms. The van der Waals surface area contributed by atoms with E-state index in [-0.39, 0.29) is 59.9 Å². The number of amides is 2. The average Bonchev–Trinajstić information content (AvgIpc) is 2.77. The van der Waals surface area contributed by atoms with E-state index < -0.39 is 21.9 Å². The first-order chi connectivity index (χ1) is 15.2. The molecule has 0 saturated carbocycles. The Kier molecular flexibility index (Phi) is 6.11. The Morgan fingerprint density at radius 1 is 1.22 bits per heavy atom. The second-order valence-corrected chi connectivity index (χ2v) is 9.91. The van der Waals surface area contributed by atoms with Gasteiger partial charge in [-0.1, -0.05) is 17.7 Å². The second kappa shape index (κ2) is 8.68. The van der Waals surface area contributed by atoms with Crippen LogP contribution in [0.15, 0.2) is 41.3 Å². The van der Waals surface area contributed by atoms with E-state index in [9.17, 15) is 22.4 Å². The first kappa shape index (κ1) is 22.5. The van der Waals surface area contributed by atoms with E-state index in [1.807, 2.05) is 0 Å². The largest absolute Gasteiger partial charge is 0.479 e. The van der Waals surface area contributed by atoms with Gasteiger partial charge in [0.05, 0.1) is 17.0 Å². The fourth-order valence-corrected chi connectivity index (χ4v) is 5.32. The van der Waals surface area contributed by atoms with Gasteiger partial charge in [-0.05, 0) is 37.3 Å². The molecule has 1 saturated heterocycles. The first-order valence-electron chi connectivity index (χ1n) is 9.99. The van der Waals surface area contributed by atoms with Crippen LogP contribution in [-0.4, -0.2) is 61.7 Å². The zero-order chi connectivity index (χ0) is 23.0. The molecule has 0 unspecified atom stereocenters. The topological polar surface area (TPSA) is 96.0 Å². The molecule has 0 aliphatic carbocycles. The van der Waals surface area contributed by atoms with E-state index in [4.69, 9.17) is 16.3 Å². The Balaban J connectivity index is 1.43. The number of fused-ring (bicyclic) bond motifs is 1. The van der Waals surface area contributed by atoms with E-state index in [1.165, 1.54) is 45.6 Å². The van der Waals surface area contributed by atoms with Crippen LogP contribution in [0.5, 0.6) is 5.75 Å². The number of carbonyl (C=O) groups is 2. The van der Waals surface area contributed by atoms with Gasteiger partial charge in [-0.3, -0.25) is 9.59 Å². The summed E-state index contributed by atoms with van der Waals surface area (Å²) in [6.07, 6.45) is -0.851. The normalized spacial score (nSPS) is 19.2. The summed E-state index contributed by atoms with van der Waals surface area (Å²) in [6, 6.07) is 8.53. The number of nitrogens with zero attached hydrogens (tertiary/aromatic N) is 2. The van der Waals surface area contributed by atoms with Crippen LogP contribution in [0.1, 0.15) is 12.5 Å². The van der Waals surface area contributed by atoms with Gasteiger partial charge >= 0.3 is 0 Å². The number of rotatable bonds is 4. The van der Waals surface area contributed by atoms with Gasteiger partial charge in [0.2, 0.25) is 15.9 Å². The lowest BCUT2D eigenvalue weighted by atomic mass is 10.1. The predicted octanol–water partition coefficient (Wildman–Crippen LogP) is 2.27. The van der Waals surface area contributed by atoms with Gasteiger partial charge in [-0.25, -0.2) is 12.8 Å². The molecule has 2 aliphatic heterocycles. The van der Waals surface area contributed by atoms with Gasteiger partial charge < -0.3 is 15.0 Å². The monoisotopic (exact) mass is 481 g/mol. The molecule has 2 amide bonds. The van der Waals surface area contributed by atoms with Crippen LogP contribution in [-0.2, 0) is 26.0 Å². The van der Waals surface area contributed by atoms with Crippen LogP contribution in [0.25, 0.3) is 0 Å². The number of halogens is 2. The second-order valence-electron chi connectivity index (χ2n) is 7.57. The molecule has 11 heteroatoms.